The minimum absolute atomic E-state index is 0.00504. The third kappa shape index (κ3) is 33.3. The Morgan fingerprint density at radius 3 is 1.49 bits per heavy atom. The summed E-state index contributed by atoms with van der Waals surface area (Å²) in [6, 6.07) is 0.353. The van der Waals surface area contributed by atoms with Gasteiger partial charge >= 0.3 is 0 Å². The molecule has 0 aliphatic carbocycles. The number of aliphatic hydroxyl groups is 4. The van der Waals surface area contributed by atoms with Gasteiger partial charge in [0.25, 0.3) is 5.91 Å². The minimum atomic E-state index is -1.71. The number of nitrogens with two attached hydrogens (primary N) is 1. The summed E-state index contributed by atoms with van der Waals surface area (Å²) in [4.78, 5) is 24.8. The van der Waals surface area contributed by atoms with Crippen molar-refractivity contribution in [2.24, 2.45) is 11.7 Å². The van der Waals surface area contributed by atoms with E-state index in [0.717, 1.165) is 96.6 Å². The second-order valence-electron chi connectivity index (χ2n) is 20.8. The molecule has 1 fully saturated rings. The lowest BCUT2D eigenvalue weighted by molar-refractivity contribution is -0.275. The van der Waals surface area contributed by atoms with E-state index in [1.807, 2.05) is 7.05 Å². The predicted octanol–water partition coefficient (Wildman–Crippen LogP) is 7.82. The molecule has 1 rings (SSSR count). The lowest BCUT2D eigenvalue weighted by Gasteiger charge is -2.37. The number of nitrogens with one attached hydrogen (secondary N) is 7. The van der Waals surface area contributed by atoms with Crippen molar-refractivity contribution in [3.8, 4) is 0 Å². The number of rotatable bonds is 49. The van der Waals surface area contributed by atoms with Gasteiger partial charge in [0, 0.05) is 32.1 Å². The van der Waals surface area contributed by atoms with Crippen LogP contribution in [0.25, 0.3) is 0 Å². The highest BCUT2D eigenvalue weighted by molar-refractivity contribution is 5.81. The molecule has 0 aromatic carbocycles. The molecule has 0 bridgehead atoms. The molecule has 13 N–H and O–H groups in total. The average Bonchev–Trinajstić information content (AvgIpc) is 3.35. The van der Waals surface area contributed by atoms with Gasteiger partial charge in [0.2, 0.25) is 5.91 Å². The summed E-state index contributed by atoms with van der Waals surface area (Å²) in [5, 5.41) is 63.3. The van der Waals surface area contributed by atoms with Crippen molar-refractivity contribution in [2.75, 3.05) is 26.7 Å². The Kier molecular flexibility index (Phi) is 42.7. The van der Waals surface area contributed by atoms with Crippen molar-refractivity contribution < 1.29 is 34.8 Å². The minimum Gasteiger partial charge on any atom is -0.387 e. The van der Waals surface area contributed by atoms with E-state index in [0.29, 0.717) is 31.1 Å². The summed E-state index contributed by atoms with van der Waals surface area (Å²) in [5.41, 5.74) is 6.31. The molecule has 0 aromatic heterocycles. The standard InChI is InChI=1S/C55H114N8O7/c1-7-36-47(63-46(10-4)57-6)60-42-44(43(5)61-48(37-8-2)62-45(56)9-3)38-32-29-31-34-40-58-49(64)39-33-28-26-24-22-20-18-16-14-12-11-13-15-17-19-21-23-25-27-30-35-41-59-54(68)53-51(66)50(65)52(67)55(69)70-53/h43-48,50-53,55,57,60-63,65-67,69H,7-42,56H2,1-6H3,(H,58,64)(H,59,68). The van der Waals surface area contributed by atoms with Crippen LogP contribution in [0, 0.1) is 5.92 Å². The van der Waals surface area contributed by atoms with Gasteiger partial charge in [0.15, 0.2) is 12.4 Å². The Morgan fingerprint density at radius 1 is 0.529 bits per heavy atom. The molecule has 70 heavy (non-hydrogen) atoms. The van der Waals surface area contributed by atoms with E-state index in [2.05, 4.69) is 71.8 Å². The molecular formula is C55H114N8O7. The van der Waals surface area contributed by atoms with Crippen LogP contribution in [-0.4, -0.2) is 120 Å². The fraction of sp³-hybridized carbons (Fsp3) is 0.964. The summed E-state index contributed by atoms with van der Waals surface area (Å²) in [6.45, 7) is 13.4. The molecule has 0 saturated carbocycles. The van der Waals surface area contributed by atoms with E-state index in [1.165, 1.54) is 122 Å². The fourth-order valence-corrected chi connectivity index (χ4v) is 9.70. The monoisotopic (exact) mass is 999 g/mol. The summed E-state index contributed by atoms with van der Waals surface area (Å²) in [5.74, 6) is 0.128. The summed E-state index contributed by atoms with van der Waals surface area (Å²) < 4.78 is 4.96. The highest BCUT2D eigenvalue weighted by Crippen LogP contribution is 2.21. The Hall–Kier alpha value is -1.50. The molecule has 0 aromatic rings. The average molecular weight is 1000 g/mol. The van der Waals surface area contributed by atoms with E-state index < -0.39 is 36.6 Å². The number of hydrogen-bond donors (Lipinski definition) is 12. The van der Waals surface area contributed by atoms with E-state index >= 15 is 0 Å². The van der Waals surface area contributed by atoms with Crippen LogP contribution >= 0.6 is 0 Å². The SMILES string of the molecule is CCCC(NCC(CCCCCCNC(=O)CCCCCCCCCCCCCCCCCCCCCCCNC(=O)C1OC(O)C(O)C(O)C1O)C(C)NC(CCC)NC(N)CC)NC(CC)NC. The van der Waals surface area contributed by atoms with Crippen molar-refractivity contribution in [3.05, 3.63) is 0 Å². The van der Waals surface area contributed by atoms with Crippen LogP contribution < -0.4 is 43.0 Å². The van der Waals surface area contributed by atoms with Gasteiger partial charge in [-0.05, 0) is 71.3 Å². The first-order valence-electron chi connectivity index (χ1n) is 29.3. The number of unbranched alkanes of at least 4 members (excludes halogenated alkanes) is 23. The molecule has 15 nitrogen and oxygen atoms in total. The molecule has 1 aliphatic rings. The van der Waals surface area contributed by atoms with E-state index in [1.54, 1.807) is 0 Å². The highest BCUT2D eigenvalue weighted by Gasteiger charge is 2.46. The maximum absolute atomic E-state index is 12.5. The topological polar surface area (TPSA) is 235 Å². The van der Waals surface area contributed by atoms with Crippen molar-refractivity contribution in [1.29, 1.82) is 0 Å². The van der Waals surface area contributed by atoms with Gasteiger partial charge in [-0.25, -0.2) is 0 Å². The predicted molar refractivity (Wildman–Crippen MR) is 289 cm³/mol. The maximum Gasteiger partial charge on any atom is 0.252 e. The highest BCUT2D eigenvalue weighted by atomic mass is 16.6. The lowest BCUT2D eigenvalue weighted by atomic mass is 9.93. The first kappa shape index (κ1) is 66.5. The molecule has 0 spiro atoms. The maximum atomic E-state index is 12.5. The van der Waals surface area contributed by atoms with Gasteiger partial charge in [0.1, 0.15) is 18.3 Å². The summed E-state index contributed by atoms with van der Waals surface area (Å²) in [6.07, 6.45) is 31.8. The zero-order valence-corrected chi connectivity index (χ0v) is 45.9. The van der Waals surface area contributed by atoms with Crippen LogP contribution in [-0.2, 0) is 14.3 Å². The van der Waals surface area contributed by atoms with Crippen LogP contribution in [0.1, 0.15) is 247 Å². The molecule has 1 aliphatic heterocycles. The van der Waals surface area contributed by atoms with Crippen molar-refractivity contribution in [3.63, 3.8) is 0 Å². The molecule has 1 saturated heterocycles. The van der Waals surface area contributed by atoms with Gasteiger partial charge in [0.05, 0.1) is 24.7 Å². The van der Waals surface area contributed by atoms with Gasteiger partial charge in [-0.2, -0.15) is 0 Å². The third-order valence-corrected chi connectivity index (χ3v) is 14.5. The van der Waals surface area contributed by atoms with Gasteiger partial charge in [-0.3, -0.25) is 25.5 Å². The zero-order chi connectivity index (χ0) is 51.6. The van der Waals surface area contributed by atoms with Gasteiger partial charge in [-0.1, -0.05) is 182 Å². The van der Waals surface area contributed by atoms with Crippen molar-refractivity contribution >= 4 is 11.8 Å². The quantitative estimate of drug-likeness (QED) is 0.0206. The molecule has 416 valence electrons. The second-order valence-corrected chi connectivity index (χ2v) is 20.8. The number of hydrogen-bond acceptors (Lipinski definition) is 13. The van der Waals surface area contributed by atoms with E-state index in [9.17, 15) is 30.0 Å². The van der Waals surface area contributed by atoms with E-state index in [4.69, 9.17) is 10.5 Å². The molecule has 1 heterocycles. The molecule has 15 heteroatoms. The van der Waals surface area contributed by atoms with E-state index in [-0.39, 0.29) is 24.4 Å². The Bertz CT molecular complexity index is 1210. The first-order valence-corrected chi connectivity index (χ1v) is 29.3. The normalized spacial score (nSPS) is 21.0. The molecule has 0 radical (unpaired) electrons. The number of carbonyl (C=O) groups is 2. The first-order chi connectivity index (χ1) is 33.9. The Morgan fingerprint density at radius 2 is 1.00 bits per heavy atom. The molecule has 2 amide bonds. The molecule has 11 atom stereocenters. The Labute approximate surface area is 428 Å². The third-order valence-electron chi connectivity index (χ3n) is 14.5. The summed E-state index contributed by atoms with van der Waals surface area (Å²) in [7, 11) is 2.03. The van der Waals surface area contributed by atoms with Crippen molar-refractivity contribution in [2.45, 2.75) is 308 Å². The second kappa shape index (κ2) is 44.9. The number of carbonyl (C=O) groups excluding carboxylic acids is 2. The smallest absolute Gasteiger partial charge is 0.252 e. The number of aliphatic hydroxyl groups excluding tert-OH is 4. The van der Waals surface area contributed by atoms with Crippen molar-refractivity contribution in [1.82, 2.24) is 37.2 Å². The number of ether oxygens (including phenoxy) is 1. The van der Waals surface area contributed by atoms with Gasteiger partial charge < -0.3 is 52.2 Å². The fourth-order valence-electron chi connectivity index (χ4n) is 9.70. The van der Waals surface area contributed by atoms with Crippen LogP contribution in [0.2, 0.25) is 0 Å². The van der Waals surface area contributed by atoms with Crippen LogP contribution in [0.3, 0.4) is 0 Å². The van der Waals surface area contributed by atoms with Crippen LogP contribution in [0.5, 0.6) is 0 Å². The zero-order valence-electron chi connectivity index (χ0n) is 45.9. The molecule has 11 unspecified atom stereocenters. The number of amides is 2. The van der Waals surface area contributed by atoms with Crippen LogP contribution in [0.4, 0.5) is 0 Å². The van der Waals surface area contributed by atoms with Crippen LogP contribution in [0.15, 0.2) is 0 Å². The summed E-state index contributed by atoms with van der Waals surface area (Å²) >= 11 is 0. The lowest BCUT2D eigenvalue weighted by Crippen LogP contribution is -2.61. The largest absolute Gasteiger partial charge is 0.387 e. The Balaban J connectivity index is 2.01. The molecular weight excluding hydrogens is 885 g/mol. The van der Waals surface area contributed by atoms with Gasteiger partial charge in [-0.15, -0.1) is 0 Å².